The van der Waals surface area contributed by atoms with Crippen LogP contribution in [0.4, 0.5) is 5.69 Å². The Hall–Kier alpha value is -0.620. The number of likely N-dealkylation sites (N-methyl/N-ethyl adjacent to an activating group) is 1. The van der Waals surface area contributed by atoms with Crippen molar-refractivity contribution in [2.45, 2.75) is 38.8 Å². The molecule has 4 nitrogen and oxygen atoms in total. The van der Waals surface area contributed by atoms with Crippen LogP contribution in [0.15, 0.2) is 22.7 Å². The highest BCUT2D eigenvalue weighted by atomic mass is 79.9. The summed E-state index contributed by atoms with van der Waals surface area (Å²) in [7, 11) is 1.99. The van der Waals surface area contributed by atoms with Gasteiger partial charge in [0, 0.05) is 17.1 Å². The van der Waals surface area contributed by atoms with Gasteiger partial charge in [-0.1, -0.05) is 6.07 Å². The van der Waals surface area contributed by atoms with Crippen LogP contribution in [0, 0.1) is 6.92 Å². The molecule has 1 aliphatic heterocycles. The third kappa shape index (κ3) is 4.95. The molecule has 1 amide bonds. The molecule has 2 unspecified atom stereocenters. The Kier molecular flexibility index (Phi) is 7.83. The van der Waals surface area contributed by atoms with Gasteiger partial charge in [-0.05, 0) is 73.9 Å². The van der Waals surface area contributed by atoms with E-state index in [4.69, 9.17) is 0 Å². The van der Waals surface area contributed by atoms with Gasteiger partial charge in [0.15, 0.2) is 0 Å². The summed E-state index contributed by atoms with van der Waals surface area (Å²) in [4.78, 5) is 14.7. The van der Waals surface area contributed by atoms with Crippen molar-refractivity contribution in [1.82, 2.24) is 10.2 Å². The number of likely N-dealkylation sites (tertiary alicyclic amines) is 1. The van der Waals surface area contributed by atoms with E-state index in [9.17, 15) is 4.79 Å². The van der Waals surface area contributed by atoms with Crippen LogP contribution in [-0.4, -0.2) is 43.0 Å². The van der Waals surface area contributed by atoms with Crippen LogP contribution in [0.2, 0.25) is 0 Å². The second-order valence-electron chi connectivity index (χ2n) is 5.77. The van der Waals surface area contributed by atoms with Crippen molar-refractivity contribution in [3.63, 3.8) is 0 Å². The number of rotatable bonds is 4. The lowest BCUT2D eigenvalue weighted by Crippen LogP contribution is -2.51. The maximum absolute atomic E-state index is 12.4. The van der Waals surface area contributed by atoms with Crippen molar-refractivity contribution in [1.29, 1.82) is 0 Å². The number of hydrogen-bond acceptors (Lipinski definition) is 3. The molecule has 0 saturated carbocycles. The lowest BCUT2D eigenvalue weighted by atomic mass is 10.0. The van der Waals surface area contributed by atoms with Crippen LogP contribution in [0.3, 0.4) is 0 Å². The Bertz CT molecular complexity index is 512. The first-order valence-electron chi connectivity index (χ1n) is 7.49. The molecular weight excluding hydrogens is 366 g/mol. The fourth-order valence-corrected chi connectivity index (χ4v) is 3.31. The number of nitrogens with zero attached hydrogens (tertiary/aromatic N) is 1. The third-order valence-electron chi connectivity index (χ3n) is 4.17. The van der Waals surface area contributed by atoms with Crippen LogP contribution in [-0.2, 0) is 4.79 Å². The number of nitrogens with one attached hydrogen (secondary N) is 2. The van der Waals surface area contributed by atoms with E-state index < -0.39 is 0 Å². The van der Waals surface area contributed by atoms with E-state index in [-0.39, 0.29) is 24.4 Å². The Morgan fingerprint density at radius 1 is 1.45 bits per heavy atom. The molecule has 1 fully saturated rings. The summed E-state index contributed by atoms with van der Waals surface area (Å²) in [6.45, 7) is 5.93. The smallest absolute Gasteiger partial charge is 0.241 e. The molecule has 6 heteroatoms. The summed E-state index contributed by atoms with van der Waals surface area (Å²) in [5.41, 5.74) is 2.00. The van der Waals surface area contributed by atoms with Gasteiger partial charge in [-0.3, -0.25) is 9.69 Å². The van der Waals surface area contributed by atoms with Crippen LogP contribution in [0.25, 0.3) is 0 Å². The normalized spacial score (nSPS) is 20.1. The van der Waals surface area contributed by atoms with Crippen LogP contribution in [0.5, 0.6) is 0 Å². The van der Waals surface area contributed by atoms with E-state index in [2.05, 4.69) is 31.5 Å². The number of carbonyl (C=O) groups excluding carboxylic acids is 1. The summed E-state index contributed by atoms with van der Waals surface area (Å²) in [5.74, 6) is 0.0521. The second-order valence-corrected chi connectivity index (χ2v) is 6.63. The molecule has 0 spiro atoms. The van der Waals surface area contributed by atoms with Crippen molar-refractivity contribution in [2.75, 3.05) is 25.5 Å². The number of hydrogen-bond donors (Lipinski definition) is 2. The zero-order valence-electron chi connectivity index (χ0n) is 13.4. The molecule has 1 aromatic rings. The summed E-state index contributed by atoms with van der Waals surface area (Å²) < 4.78 is 0.926. The number of piperidine rings is 1. The molecule has 2 N–H and O–H groups in total. The molecule has 1 aromatic carbocycles. The van der Waals surface area contributed by atoms with Gasteiger partial charge in [0.1, 0.15) is 0 Å². The maximum atomic E-state index is 12.4. The molecule has 1 saturated heterocycles. The third-order valence-corrected chi connectivity index (χ3v) is 4.83. The Balaban J connectivity index is 0.00000242. The van der Waals surface area contributed by atoms with Gasteiger partial charge >= 0.3 is 0 Å². The average Bonchev–Trinajstić information content (AvgIpc) is 2.49. The van der Waals surface area contributed by atoms with Gasteiger partial charge < -0.3 is 10.6 Å². The van der Waals surface area contributed by atoms with Crippen molar-refractivity contribution in [3.05, 3.63) is 28.2 Å². The highest BCUT2D eigenvalue weighted by molar-refractivity contribution is 9.10. The van der Waals surface area contributed by atoms with E-state index in [1.165, 1.54) is 12.0 Å². The van der Waals surface area contributed by atoms with Crippen molar-refractivity contribution >= 4 is 39.9 Å². The SMILES string of the molecule is CNC1CCCN(C(C)C(=O)Nc2ccc(C)cc2Br)C1.Cl. The molecule has 2 rings (SSSR count). The van der Waals surface area contributed by atoms with Gasteiger partial charge in [-0.2, -0.15) is 0 Å². The monoisotopic (exact) mass is 389 g/mol. The van der Waals surface area contributed by atoms with Crippen molar-refractivity contribution in [2.24, 2.45) is 0 Å². The minimum absolute atomic E-state index is 0. The standard InChI is InChI=1S/C16H24BrN3O.ClH/c1-11-6-7-15(14(17)9-11)19-16(21)12(2)20-8-4-5-13(10-20)18-3;/h6-7,9,12-13,18H,4-5,8,10H2,1-3H3,(H,19,21);1H. The zero-order chi connectivity index (χ0) is 15.4. The quantitative estimate of drug-likeness (QED) is 0.830. The summed E-state index contributed by atoms with van der Waals surface area (Å²) in [6.07, 6.45) is 2.32. The summed E-state index contributed by atoms with van der Waals surface area (Å²) in [6, 6.07) is 6.33. The highest BCUT2D eigenvalue weighted by Gasteiger charge is 2.26. The summed E-state index contributed by atoms with van der Waals surface area (Å²) >= 11 is 3.50. The van der Waals surface area contributed by atoms with E-state index in [0.717, 1.165) is 29.7 Å². The predicted molar refractivity (Wildman–Crippen MR) is 97.9 cm³/mol. The molecule has 1 aliphatic rings. The first-order valence-corrected chi connectivity index (χ1v) is 8.29. The maximum Gasteiger partial charge on any atom is 0.241 e. The number of halogens is 2. The van der Waals surface area contributed by atoms with Gasteiger partial charge in [-0.25, -0.2) is 0 Å². The van der Waals surface area contributed by atoms with E-state index in [0.29, 0.717) is 6.04 Å². The minimum Gasteiger partial charge on any atom is -0.324 e. The van der Waals surface area contributed by atoms with Gasteiger partial charge in [0.2, 0.25) is 5.91 Å². The fraction of sp³-hybridized carbons (Fsp3) is 0.562. The molecule has 0 bridgehead atoms. The van der Waals surface area contributed by atoms with Crippen LogP contribution < -0.4 is 10.6 Å². The highest BCUT2D eigenvalue weighted by Crippen LogP contribution is 2.24. The predicted octanol–water partition coefficient (Wildman–Crippen LogP) is 3.19. The van der Waals surface area contributed by atoms with Crippen LogP contribution >= 0.6 is 28.3 Å². The Morgan fingerprint density at radius 3 is 2.82 bits per heavy atom. The lowest BCUT2D eigenvalue weighted by Gasteiger charge is -2.36. The van der Waals surface area contributed by atoms with Crippen molar-refractivity contribution in [3.8, 4) is 0 Å². The molecule has 22 heavy (non-hydrogen) atoms. The topological polar surface area (TPSA) is 44.4 Å². The molecule has 1 heterocycles. The minimum atomic E-state index is -0.116. The lowest BCUT2D eigenvalue weighted by molar-refractivity contribution is -0.121. The van der Waals surface area contributed by atoms with Gasteiger partial charge in [0.25, 0.3) is 0 Å². The molecule has 0 aliphatic carbocycles. The molecule has 124 valence electrons. The largest absolute Gasteiger partial charge is 0.324 e. The molecule has 0 radical (unpaired) electrons. The first-order chi connectivity index (χ1) is 10.0. The molecule has 0 aromatic heterocycles. The fourth-order valence-electron chi connectivity index (χ4n) is 2.72. The van der Waals surface area contributed by atoms with Gasteiger partial charge in [0.05, 0.1) is 11.7 Å². The number of aryl methyl sites for hydroxylation is 1. The Morgan fingerprint density at radius 2 is 2.18 bits per heavy atom. The molecular formula is C16H25BrClN3O. The first kappa shape index (κ1) is 19.4. The van der Waals surface area contributed by atoms with E-state index >= 15 is 0 Å². The van der Waals surface area contributed by atoms with Crippen LogP contribution in [0.1, 0.15) is 25.3 Å². The Labute approximate surface area is 147 Å². The average molecular weight is 391 g/mol. The number of benzene rings is 1. The molecule has 2 atom stereocenters. The van der Waals surface area contributed by atoms with Gasteiger partial charge in [-0.15, -0.1) is 12.4 Å². The number of carbonyl (C=O) groups is 1. The van der Waals surface area contributed by atoms with Crippen molar-refractivity contribution < 1.29 is 4.79 Å². The summed E-state index contributed by atoms with van der Waals surface area (Å²) in [5, 5.41) is 6.33. The zero-order valence-corrected chi connectivity index (χ0v) is 15.8. The number of anilines is 1. The van der Waals surface area contributed by atoms with E-state index in [1.807, 2.05) is 39.1 Å². The number of amides is 1. The van der Waals surface area contributed by atoms with E-state index in [1.54, 1.807) is 0 Å². The second kappa shape index (κ2) is 8.87.